The number of pyridine rings is 1. The maximum absolute atomic E-state index is 11.4. The molecule has 0 bridgehead atoms. The molecule has 0 saturated heterocycles. The smallest absolute Gasteiger partial charge is 0.219 e. The average Bonchev–Trinajstić information content (AvgIpc) is 3.12. The quantitative estimate of drug-likeness (QED) is 0.600. The molecule has 0 radical (unpaired) electrons. The van der Waals surface area contributed by atoms with E-state index in [0.29, 0.717) is 35.4 Å². The topological polar surface area (TPSA) is 69.0 Å². The molecule has 0 spiro atoms. The van der Waals surface area contributed by atoms with Crippen LogP contribution in [0.15, 0.2) is 48.8 Å². The van der Waals surface area contributed by atoms with Crippen LogP contribution >= 0.6 is 23.2 Å². The van der Waals surface area contributed by atoms with Gasteiger partial charge in [0.25, 0.3) is 0 Å². The van der Waals surface area contributed by atoms with Gasteiger partial charge in [0.05, 0.1) is 28.0 Å². The number of hydrogen-bond acceptors (Lipinski definition) is 4. The second-order valence-corrected chi connectivity index (χ2v) is 6.56. The number of halogens is 2. The van der Waals surface area contributed by atoms with Gasteiger partial charge in [-0.05, 0) is 36.8 Å². The standard InChI is InChI=1S/C19H18Cl2N4O2/c1-22-18(26)5-3-9-27-19-11-17(13-4-2-8-23-12-13)24-25(19)14-6-7-15(20)16(21)10-14/h2,4,6-8,10-12H,3,5,9H2,1H3,(H,22,26). The van der Waals surface area contributed by atoms with Gasteiger partial charge in [0.15, 0.2) is 0 Å². The lowest BCUT2D eigenvalue weighted by molar-refractivity contribution is -0.120. The number of nitrogens with one attached hydrogen (secondary N) is 1. The van der Waals surface area contributed by atoms with Gasteiger partial charge in [0, 0.05) is 37.5 Å². The second kappa shape index (κ2) is 8.88. The van der Waals surface area contributed by atoms with Crippen LogP contribution in [0.5, 0.6) is 5.88 Å². The Balaban J connectivity index is 1.88. The Hall–Kier alpha value is -2.57. The summed E-state index contributed by atoms with van der Waals surface area (Å²) in [4.78, 5) is 15.5. The van der Waals surface area contributed by atoms with Crippen molar-refractivity contribution in [2.45, 2.75) is 12.8 Å². The number of rotatable bonds is 7. The van der Waals surface area contributed by atoms with Crippen LogP contribution in [-0.4, -0.2) is 34.3 Å². The minimum absolute atomic E-state index is 0.0207. The molecule has 3 rings (SSSR count). The first-order chi connectivity index (χ1) is 13.1. The van der Waals surface area contributed by atoms with Gasteiger partial charge in [-0.1, -0.05) is 23.2 Å². The number of nitrogens with zero attached hydrogens (tertiary/aromatic N) is 3. The lowest BCUT2D eigenvalue weighted by atomic mass is 10.2. The average molecular weight is 405 g/mol. The zero-order valence-corrected chi connectivity index (χ0v) is 16.2. The zero-order valence-electron chi connectivity index (χ0n) is 14.7. The Bertz CT molecular complexity index is 929. The Kier molecular flexibility index (Phi) is 6.32. The molecule has 6 nitrogen and oxygen atoms in total. The molecule has 0 aliphatic carbocycles. The van der Waals surface area contributed by atoms with E-state index in [1.54, 1.807) is 36.3 Å². The summed E-state index contributed by atoms with van der Waals surface area (Å²) in [6.07, 6.45) is 4.42. The number of benzene rings is 1. The summed E-state index contributed by atoms with van der Waals surface area (Å²) < 4.78 is 7.54. The molecule has 1 N–H and O–H groups in total. The van der Waals surface area contributed by atoms with E-state index in [4.69, 9.17) is 27.9 Å². The first-order valence-electron chi connectivity index (χ1n) is 8.38. The molecule has 2 aromatic heterocycles. The van der Waals surface area contributed by atoms with E-state index in [1.807, 2.05) is 24.3 Å². The third kappa shape index (κ3) is 4.78. The van der Waals surface area contributed by atoms with E-state index < -0.39 is 0 Å². The Morgan fingerprint density at radius 3 is 2.78 bits per heavy atom. The predicted molar refractivity (Wildman–Crippen MR) is 106 cm³/mol. The molecule has 0 aliphatic rings. The number of carbonyl (C=O) groups excluding carboxylic acids is 1. The molecular weight excluding hydrogens is 387 g/mol. The highest BCUT2D eigenvalue weighted by atomic mass is 35.5. The molecule has 0 atom stereocenters. The van der Waals surface area contributed by atoms with Gasteiger partial charge in [-0.2, -0.15) is 5.10 Å². The molecule has 2 heterocycles. The SMILES string of the molecule is CNC(=O)CCCOc1cc(-c2cccnc2)nn1-c1ccc(Cl)c(Cl)c1. The van der Waals surface area contributed by atoms with E-state index in [-0.39, 0.29) is 5.91 Å². The fraction of sp³-hybridized carbons (Fsp3) is 0.211. The van der Waals surface area contributed by atoms with Crippen LogP contribution in [-0.2, 0) is 4.79 Å². The number of amides is 1. The van der Waals surface area contributed by atoms with Crippen LogP contribution < -0.4 is 10.1 Å². The van der Waals surface area contributed by atoms with Crippen molar-refractivity contribution in [2.75, 3.05) is 13.7 Å². The van der Waals surface area contributed by atoms with Gasteiger partial charge < -0.3 is 10.1 Å². The Morgan fingerprint density at radius 1 is 1.22 bits per heavy atom. The molecule has 0 unspecified atom stereocenters. The summed E-state index contributed by atoms with van der Waals surface area (Å²) in [5, 5.41) is 8.11. The molecule has 1 amide bonds. The van der Waals surface area contributed by atoms with Gasteiger partial charge >= 0.3 is 0 Å². The van der Waals surface area contributed by atoms with E-state index in [9.17, 15) is 4.79 Å². The number of ether oxygens (including phenoxy) is 1. The van der Waals surface area contributed by atoms with Crippen molar-refractivity contribution in [3.05, 3.63) is 58.8 Å². The summed E-state index contributed by atoms with van der Waals surface area (Å²) in [7, 11) is 1.61. The third-order valence-corrected chi connectivity index (χ3v) is 4.60. The molecular formula is C19H18Cl2N4O2. The van der Waals surface area contributed by atoms with Crippen LogP contribution in [0.25, 0.3) is 16.9 Å². The minimum atomic E-state index is -0.0207. The first-order valence-corrected chi connectivity index (χ1v) is 9.13. The maximum atomic E-state index is 11.4. The fourth-order valence-corrected chi connectivity index (χ4v) is 2.75. The maximum Gasteiger partial charge on any atom is 0.219 e. The highest BCUT2D eigenvalue weighted by molar-refractivity contribution is 6.42. The summed E-state index contributed by atoms with van der Waals surface area (Å²) in [6, 6.07) is 10.8. The van der Waals surface area contributed by atoms with Crippen molar-refractivity contribution in [1.29, 1.82) is 0 Å². The lowest BCUT2D eigenvalue weighted by Gasteiger charge is -2.09. The van der Waals surface area contributed by atoms with Gasteiger partial charge in [-0.25, -0.2) is 4.68 Å². The molecule has 0 fully saturated rings. The van der Waals surface area contributed by atoms with Crippen LogP contribution in [0.3, 0.4) is 0 Å². The molecule has 27 heavy (non-hydrogen) atoms. The highest BCUT2D eigenvalue weighted by Crippen LogP contribution is 2.29. The van der Waals surface area contributed by atoms with Crippen molar-refractivity contribution in [1.82, 2.24) is 20.1 Å². The van der Waals surface area contributed by atoms with E-state index in [1.165, 1.54) is 0 Å². The first kappa shape index (κ1) is 19.2. The van der Waals surface area contributed by atoms with E-state index in [2.05, 4.69) is 15.4 Å². The summed E-state index contributed by atoms with van der Waals surface area (Å²) in [5.41, 5.74) is 2.31. The van der Waals surface area contributed by atoms with E-state index in [0.717, 1.165) is 16.9 Å². The van der Waals surface area contributed by atoms with Crippen LogP contribution in [0.4, 0.5) is 0 Å². The van der Waals surface area contributed by atoms with Crippen LogP contribution in [0, 0.1) is 0 Å². The Labute approximate surface area is 167 Å². The van der Waals surface area contributed by atoms with E-state index >= 15 is 0 Å². The normalized spacial score (nSPS) is 10.6. The minimum Gasteiger partial charge on any atom is -0.478 e. The van der Waals surface area contributed by atoms with Crippen molar-refractivity contribution < 1.29 is 9.53 Å². The van der Waals surface area contributed by atoms with Crippen LogP contribution in [0.1, 0.15) is 12.8 Å². The Morgan fingerprint density at radius 2 is 2.07 bits per heavy atom. The molecule has 140 valence electrons. The summed E-state index contributed by atoms with van der Waals surface area (Å²) >= 11 is 12.2. The van der Waals surface area contributed by atoms with Crippen molar-refractivity contribution in [3.8, 4) is 22.8 Å². The van der Waals surface area contributed by atoms with Crippen molar-refractivity contribution >= 4 is 29.1 Å². The molecule has 8 heteroatoms. The van der Waals surface area contributed by atoms with Gasteiger partial charge in [0.2, 0.25) is 11.8 Å². The molecule has 0 saturated carbocycles. The van der Waals surface area contributed by atoms with Crippen molar-refractivity contribution in [3.63, 3.8) is 0 Å². The fourth-order valence-electron chi connectivity index (χ4n) is 2.46. The lowest BCUT2D eigenvalue weighted by Crippen LogP contribution is -2.18. The van der Waals surface area contributed by atoms with Gasteiger partial charge in [0.1, 0.15) is 0 Å². The monoisotopic (exact) mass is 404 g/mol. The van der Waals surface area contributed by atoms with Crippen molar-refractivity contribution in [2.24, 2.45) is 0 Å². The van der Waals surface area contributed by atoms with Gasteiger partial charge in [-0.3, -0.25) is 9.78 Å². The highest BCUT2D eigenvalue weighted by Gasteiger charge is 2.14. The van der Waals surface area contributed by atoms with Crippen LogP contribution in [0.2, 0.25) is 10.0 Å². The number of hydrogen-bond donors (Lipinski definition) is 1. The molecule has 1 aromatic carbocycles. The predicted octanol–water partition coefficient (Wildman–Crippen LogP) is 4.15. The summed E-state index contributed by atoms with van der Waals surface area (Å²) in [6.45, 7) is 0.382. The third-order valence-electron chi connectivity index (χ3n) is 3.86. The molecule has 3 aromatic rings. The number of carbonyl (C=O) groups is 1. The number of aromatic nitrogens is 3. The largest absolute Gasteiger partial charge is 0.478 e. The summed E-state index contributed by atoms with van der Waals surface area (Å²) in [5.74, 6) is 0.525. The van der Waals surface area contributed by atoms with Gasteiger partial charge in [-0.15, -0.1) is 0 Å². The zero-order chi connectivity index (χ0) is 19.2. The second-order valence-electron chi connectivity index (χ2n) is 5.74. The molecule has 0 aliphatic heterocycles.